The van der Waals surface area contributed by atoms with Crippen molar-refractivity contribution in [1.82, 2.24) is 10.2 Å². The van der Waals surface area contributed by atoms with E-state index in [9.17, 15) is 9.59 Å². The molecule has 0 radical (unpaired) electrons. The van der Waals surface area contributed by atoms with Gasteiger partial charge < -0.3 is 19.7 Å². The summed E-state index contributed by atoms with van der Waals surface area (Å²) in [5.74, 6) is 1.17. The summed E-state index contributed by atoms with van der Waals surface area (Å²) in [4.78, 5) is 28.1. The van der Waals surface area contributed by atoms with E-state index in [1.54, 1.807) is 26.0 Å². The van der Waals surface area contributed by atoms with Gasteiger partial charge in [0.25, 0.3) is 0 Å². The lowest BCUT2D eigenvalue weighted by Gasteiger charge is -2.31. The molecule has 0 aliphatic heterocycles. The minimum absolute atomic E-state index is 0.0979. The molecule has 0 unspecified atom stereocenters. The topological polar surface area (TPSA) is 67.9 Å². The highest BCUT2D eigenvalue weighted by molar-refractivity contribution is 5.88. The van der Waals surface area contributed by atoms with Crippen molar-refractivity contribution in [2.24, 2.45) is 0 Å². The summed E-state index contributed by atoms with van der Waals surface area (Å²) in [6.07, 6.45) is 0.297. The van der Waals surface area contributed by atoms with Gasteiger partial charge in [0.15, 0.2) is 0 Å². The second-order valence-electron chi connectivity index (χ2n) is 7.60. The summed E-state index contributed by atoms with van der Waals surface area (Å²) in [7, 11) is 3.23. The molecular formula is C27H30N2O4. The number of rotatable bonds is 10. The maximum Gasteiger partial charge on any atom is 0.247 e. The molecule has 0 saturated heterocycles. The standard InChI is InChI=1S/C27H30N2O4/c1-4-25(30)29(19-21-12-16-24(33-3)17-13-21)26(22-8-6-5-7-9-22)27(31)28-18-20-10-14-23(32-2)15-11-20/h5-17,26H,4,18-19H2,1-3H3,(H,28,31)/t26-/m0/s1. The average Bonchev–Trinajstić information content (AvgIpc) is 2.88. The molecule has 0 saturated carbocycles. The molecule has 0 spiro atoms. The van der Waals surface area contributed by atoms with Gasteiger partial charge in [0, 0.05) is 19.5 Å². The van der Waals surface area contributed by atoms with Gasteiger partial charge >= 0.3 is 0 Å². The van der Waals surface area contributed by atoms with Crippen molar-refractivity contribution in [3.63, 3.8) is 0 Å². The minimum Gasteiger partial charge on any atom is -0.497 e. The van der Waals surface area contributed by atoms with Crippen molar-refractivity contribution >= 4 is 11.8 Å². The van der Waals surface area contributed by atoms with Crippen LogP contribution in [0.2, 0.25) is 0 Å². The fourth-order valence-electron chi connectivity index (χ4n) is 3.59. The lowest BCUT2D eigenvalue weighted by molar-refractivity contribution is -0.141. The third-order valence-corrected chi connectivity index (χ3v) is 5.44. The maximum atomic E-state index is 13.4. The zero-order valence-corrected chi connectivity index (χ0v) is 19.3. The molecule has 172 valence electrons. The molecule has 6 nitrogen and oxygen atoms in total. The molecule has 0 heterocycles. The van der Waals surface area contributed by atoms with Crippen LogP contribution < -0.4 is 14.8 Å². The number of nitrogens with one attached hydrogen (secondary N) is 1. The maximum absolute atomic E-state index is 13.4. The monoisotopic (exact) mass is 446 g/mol. The Bertz CT molecular complexity index is 1030. The van der Waals surface area contributed by atoms with Gasteiger partial charge in [0.05, 0.1) is 14.2 Å². The van der Waals surface area contributed by atoms with Crippen LogP contribution in [0.1, 0.15) is 36.1 Å². The van der Waals surface area contributed by atoms with Gasteiger partial charge in [0.2, 0.25) is 11.8 Å². The van der Waals surface area contributed by atoms with Crippen LogP contribution >= 0.6 is 0 Å². The van der Waals surface area contributed by atoms with Crippen LogP contribution in [0, 0.1) is 0 Å². The van der Waals surface area contributed by atoms with Crippen LogP contribution in [0.25, 0.3) is 0 Å². The number of carbonyl (C=O) groups excluding carboxylic acids is 2. The number of ether oxygens (including phenoxy) is 2. The van der Waals surface area contributed by atoms with Crippen molar-refractivity contribution < 1.29 is 19.1 Å². The first-order valence-electron chi connectivity index (χ1n) is 10.9. The molecular weight excluding hydrogens is 416 g/mol. The number of benzene rings is 3. The molecule has 33 heavy (non-hydrogen) atoms. The summed E-state index contributed by atoms with van der Waals surface area (Å²) in [5, 5.41) is 3.00. The zero-order valence-electron chi connectivity index (χ0n) is 19.3. The van der Waals surface area contributed by atoms with E-state index in [4.69, 9.17) is 9.47 Å². The van der Waals surface area contributed by atoms with Crippen molar-refractivity contribution in [1.29, 1.82) is 0 Å². The van der Waals surface area contributed by atoms with Crippen LogP contribution in [0.15, 0.2) is 78.9 Å². The molecule has 2 amide bonds. The molecule has 3 aromatic carbocycles. The lowest BCUT2D eigenvalue weighted by Crippen LogP contribution is -2.43. The highest BCUT2D eigenvalue weighted by atomic mass is 16.5. The van der Waals surface area contributed by atoms with Crippen LogP contribution in [-0.2, 0) is 22.7 Å². The highest BCUT2D eigenvalue weighted by Crippen LogP contribution is 2.25. The van der Waals surface area contributed by atoms with Gasteiger partial charge in [-0.05, 0) is 41.0 Å². The Kier molecular flexibility index (Phi) is 8.47. The Morgan fingerprint density at radius 1 is 0.818 bits per heavy atom. The second-order valence-corrected chi connectivity index (χ2v) is 7.60. The third-order valence-electron chi connectivity index (χ3n) is 5.44. The van der Waals surface area contributed by atoms with Gasteiger partial charge in [-0.1, -0.05) is 61.5 Å². The number of methoxy groups -OCH3 is 2. The van der Waals surface area contributed by atoms with E-state index >= 15 is 0 Å². The lowest BCUT2D eigenvalue weighted by atomic mass is 10.0. The van der Waals surface area contributed by atoms with Crippen LogP contribution in [0.4, 0.5) is 0 Å². The summed E-state index contributed by atoms with van der Waals surface area (Å²) in [6.45, 7) is 2.47. The van der Waals surface area contributed by atoms with Gasteiger partial charge in [0.1, 0.15) is 17.5 Å². The van der Waals surface area contributed by atoms with E-state index in [1.165, 1.54) is 0 Å². The molecule has 3 rings (SSSR count). The Hall–Kier alpha value is -3.80. The Balaban J connectivity index is 1.86. The number of nitrogens with zero attached hydrogens (tertiary/aromatic N) is 1. The SMILES string of the molecule is CCC(=O)N(Cc1ccc(OC)cc1)[C@H](C(=O)NCc1ccc(OC)cc1)c1ccccc1. The highest BCUT2D eigenvalue weighted by Gasteiger charge is 2.30. The Morgan fingerprint density at radius 2 is 1.36 bits per heavy atom. The predicted molar refractivity (Wildman–Crippen MR) is 128 cm³/mol. The molecule has 0 aliphatic carbocycles. The van der Waals surface area contributed by atoms with E-state index in [0.717, 1.165) is 28.2 Å². The van der Waals surface area contributed by atoms with E-state index in [1.807, 2.05) is 78.9 Å². The van der Waals surface area contributed by atoms with Crippen molar-refractivity contribution in [2.75, 3.05) is 14.2 Å². The summed E-state index contributed by atoms with van der Waals surface area (Å²) in [6, 6.07) is 23.7. The third kappa shape index (κ3) is 6.35. The first-order chi connectivity index (χ1) is 16.0. The van der Waals surface area contributed by atoms with E-state index in [-0.39, 0.29) is 11.8 Å². The van der Waals surface area contributed by atoms with E-state index in [2.05, 4.69) is 5.32 Å². The quantitative estimate of drug-likeness (QED) is 0.498. The Morgan fingerprint density at radius 3 is 1.88 bits per heavy atom. The van der Waals surface area contributed by atoms with Crippen molar-refractivity contribution in [3.8, 4) is 11.5 Å². The molecule has 1 atom stereocenters. The molecule has 0 fully saturated rings. The molecule has 3 aromatic rings. The van der Waals surface area contributed by atoms with Gasteiger partial charge in [-0.25, -0.2) is 0 Å². The minimum atomic E-state index is -0.751. The zero-order chi connectivity index (χ0) is 23.6. The van der Waals surface area contributed by atoms with E-state index in [0.29, 0.717) is 19.5 Å². The van der Waals surface area contributed by atoms with Crippen LogP contribution in [-0.4, -0.2) is 30.9 Å². The van der Waals surface area contributed by atoms with Crippen molar-refractivity contribution in [3.05, 3.63) is 95.6 Å². The fourth-order valence-corrected chi connectivity index (χ4v) is 3.59. The molecule has 0 bridgehead atoms. The molecule has 6 heteroatoms. The first kappa shape index (κ1) is 23.9. The van der Waals surface area contributed by atoms with Gasteiger partial charge in [-0.15, -0.1) is 0 Å². The number of hydrogen-bond donors (Lipinski definition) is 1. The first-order valence-corrected chi connectivity index (χ1v) is 10.9. The van der Waals surface area contributed by atoms with Gasteiger partial charge in [-0.3, -0.25) is 9.59 Å². The number of carbonyl (C=O) groups is 2. The van der Waals surface area contributed by atoms with E-state index < -0.39 is 6.04 Å². The second kappa shape index (κ2) is 11.7. The summed E-state index contributed by atoms with van der Waals surface area (Å²) >= 11 is 0. The summed E-state index contributed by atoms with van der Waals surface area (Å²) in [5.41, 5.74) is 2.63. The van der Waals surface area contributed by atoms with Crippen LogP contribution in [0.5, 0.6) is 11.5 Å². The molecule has 0 aliphatic rings. The fraction of sp³-hybridized carbons (Fsp3) is 0.259. The largest absolute Gasteiger partial charge is 0.497 e. The summed E-state index contributed by atoms with van der Waals surface area (Å²) < 4.78 is 10.4. The average molecular weight is 447 g/mol. The molecule has 1 N–H and O–H groups in total. The normalized spacial score (nSPS) is 11.4. The van der Waals surface area contributed by atoms with Crippen LogP contribution in [0.3, 0.4) is 0 Å². The van der Waals surface area contributed by atoms with Gasteiger partial charge in [-0.2, -0.15) is 0 Å². The predicted octanol–water partition coefficient (Wildman–Crippen LogP) is 4.50. The van der Waals surface area contributed by atoms with Crippen molar-refractivity contribution in [2.45, 2.75) is 32.5 Å². The molecule has 0 aromatic heterocycles. The number of amides is 2. The smallest absolute Gasteiger partial charge is 0.247 e. The number of hydrogen-bond acceptors (Lipinski definition) is 4. The Labute approximate surface area is 195 Å².